The Labute approximate surface area is 123 Å². The number of ether oxygens (including phenoxy) is 1. The number of nitrogens with two attached hydrogens (primary N) is 1. The molecule has 0 aromatic carbocycles. The van der Waals surface area contributed by atoms with Crippen LogP contribution in [-0.2, 0) is 14.8 Å². The molecule has 1 saturated heterocycles. The number of sulfonamides is 1. The first-order valence-corrected chi connectivity index (χ1v) is 8.32. The van der Waals surface area contributed by atoms with Crippen LogP contribution in [0.15, 0.2) is 0 Å². The molecule has 7 heteroatoms. The predicted molar refractivity (Wildman–Crippen MR) is 80.1 cm³/mol. The van der Waals surface area contributed by atoms with Crippen molar-refractivity contribution in [3.05, 3.63) is 0 Å². The average molecular weight is 315 g/mol. The van der Waals surface area contributed by atoms with Crippen LogP contribution in [0.1, 0.15) is 40.0 Å². The van der Waals surface area contributed by atoms with Gasteiger partial charge in [0.25, 0.3) is 0 Å². The summed E-state index contributed by atoms with van der Waals surface area (Å²) < 4.78 is 31.5. The van der Waals surface area contributed by atoms with E-state index in [2.05, 4.69) is 0 Å². The minimum Gasteiger partial charge on any atom is -0.378 e. The highest BCUT2D eigenvalue weighted by molar-refractivity contribution is 7.89. The second kappa shape index (κ2) is 8.42. The van der Waals surface area contributed by atoms with Gasteiger partial charge in [-0.25, -0.2) is 8.42 Å². The van der Waals surface area contributed by atoms with Gasteiger partial charge in [-0.1, -0.05) is 6.42 Å². The Morgan fingerprint density at radius 2 is 1.95 bits per heavy atom. The summed E-state index contributed by atoms with van der Waals surface area (Å²) in [4.78, 5) is 0. The van der Waals surface area contributed by atoms with E-state index in [1.54, 1.807) is 4.31 Å². The topological polar surface area (TPSA) is 72.6 Å². The third kappa shape index (κ3) is 5.95. The number of rotatable bonds is 6. The van der Waals surface area contributed by atoms with Crippen molar-refractivity contribution in [2.75, 3.05) is 18.9 Å². The first-order valence-electron chi connectivity index (χ1n) is 6.71. The van der Waals surface area contributed by atoms with Crippen LogP contribution >= 0.6 is 12.4 Å². The molecule has 19 heavy (non-hydrogen) atoms. The Kier molecular flexibility index (Phi) is 8.47. The average Bonchev–Trinajstić information content (AvgIpc) is 2.28. The van der Waals surface area contributed by atoms with Crippen molar-refractivity contribution in [3.63, 3.8) is 0 Å². The summed E-state index contributed by atoms with van der Waals surface area (Å²) in [5.74, 6) is 0.0500. The predicted octanol–water partition coefficient (Wildman–Crippen LogP) is 1.36. The first-order chi connectivity index (χ1) is 8.34. The van der Waals surface area contributed by atoms with Gasteiger partial charge in [0.1, 0.15) is 0 Å². The van der Waals surface area contributed by atoms with Gasteiger partial charge < -0.3 is 10.5 Å². The number of piperidine rings is 1. The van der Waals surface area contributed by atoms with Gasteiger partial charge in [0, 0.05) is 18.6 Å². The molecule has 0 spiro atoms. The van der Waals surface area contributed by atoms with Crippen molar-refractivity contribution >= 4 is 22.4 Å². The molecule has 1 rings (SSSR count). The van der Waals surface area contributed by atoms with Crippen LogP contribution in [0.3, 0.4) is 0 Å². The Hall–Kier alpha value is 0.120. The normalized spacial score (nSPS) is 23.1. The molecule has 2 unspecified atom stereocenters. The molecule has 0 aromatic heterocycles. The molecule has 2 N–H and O–H groups in total. The van der Waals surface area contributed by atoms with Gasteiger partial charge in [-0.2, -0.15) is 4.31 Å². The van der Waals surface area contributed by atoms with Crippen LogP contribution in [0, 0.1) is 0 Å². The summed E-state index contributed by atoms with van der Waals surface area (Å²) in [5, 5.41) is 0. The molecule has 1 aliphatic rings. The van der Waals surface area contributed by atoms with E-state index < -0.39 is 10.0 Å². The van der Waals surface area contributed by atoms with Crippen LogP contribution in [0.5, 0.6) is 0 Å². The molecule has 0 saturated carbocycles. The lowest BCUT2D eigenvalue weighted by Crippen LogP contribution is -2.52. The first kappa shape index (κ1) is 19.1. The van der Waals surface area contributed by atoms with Gasteiger partial charge in [-0.3, -0.25) is 0 Å². The van der Waals surface area contributed by atoms with E-state index in [1.807, 2.05) is 20.8 Å². The zero-order chi connectivity index (χ0) is 13.8. The van der Waals surface area contributed by atoms with Crippen molar-refractivity contribution in [1.29, 1.82) is 0 Å². The SMILES string of the molecule is CC(C)OCCS(=O)(=O)N1CCCCC1C(C)N.Cl. The van der Waals surface area contributed by atoms with Crippen molar-refractivity contribution in [3.8, 4) is 0 Å². The summed E-state index contributed by atoms with van der Waals surface area (Å²) >= 11 is 0. The lowest BCUT2D eigenvalue weighted by molar-refractivity contribution is 0.0901. The van der Waals surface area contributed by atoms with Crippen LogP contribution < -0.4 is 5.73 Å². The largest absolute Gasteiger partial charge is 0.378 e. The molecular weight excluding hydrogens is 288 g/mol. The van der Waals surface area contributed by atoms with Gasteiger partial charge in [-0.15, -0.1) is 12.4 Å². The Morgan fingerprint density at radius 1 is 1.32 bits per heavy atom. The fraction of sp³-hybridized carbons (Fsp3) is 1.00. The standard InChI is InChI=1S/C12H26N2O3S.ClH/c1-10(2)17-8-9-18(15,16)14-7-5-4-6-12(14)11(3)13;/h10-12H,4-9,13H2,1-3H3;1H. The molecular formula is C12H27ClN2O3S. The van der Waals surface area contributed by atoms with E-state index in [4.69, 9.17) is 10.5 Å². The monoisotopic (exact) mass is 314 g/mol. The minimum absolute atomic E-state index is 0. The maximum Gasteiger partial charge on any atom is 0.216 e. The maximum absolute atomic E-state index is 12.3. The highest BCUT2D eigenvalue weighted by atomic mass is 35.5. The number of nitrogens with zero attached hydrogens (tertiary/aromatic N) is 1. The summed E-state index contributed by atoms with van der Waals surface area (Å²) in [6, 6.07) is -0.172. The summed E-state index contributed by atoms with van der Waals surface area (Å²) in [5.41, 5.74) is 5.89. The van der Waals surface area contributed by atoms with Crippen molar-refractivity contribution in [2.24, 2.45) is 5.73 Å². The van der Waals surface area contributed by atoms with E-state index in [1.165, 1.54) is 0 Å². The van der Waals surface area contributed by atoms with Crippen molar-refractivity contribution in [1.82, 2.24) is 4.31 Å². The molecule has 0 aliphatic carbocycles. The second-order valence-corrected chi connectivity index (χ2v) is 7.31. The van der Waals surface area contributed by atoms with Crippen LogP contribution in [-0.4, -0.2) is 49.8 Å². The highest BCUT2D eigenvalue weighted by Crippen LogP contribution is 2.22. The molecule has 1 heterocycles. The third-order valence-electron chi connectivity index (χ3n) is 3.25. The molecule has 0 bridgehead atoms. The van der Waals surface area contributed by atoms with E-state index in [0.29, 0.717) is 6.54 Å². The smallest absolute Gasteiger partial charge is 0.216 e. The van der Waals surface area contributed by atoms with Gasteiger partial charge in [-0.05, 0) is 33.6 Å². The van der Waals surface area contributed by atoms with Crippen LogP contribution in [0.25, 0.3) is 0 Å². The van der Waals surface area contributed by atoms with Crippen LogP contribution in [0.2, 0.25) is 0 Å². The zero-order valence-corrected chi connectivity index (χ0v) is 13.7. The molecule has 1 aliphatic heterocycles. The lowest BCUT2D eigenvalue weighted by atomic mass is 10.00. The summed E-state index contributed by atoms with van der Waals surface area (Å²) in [6.07, 6.45) is 2.90. The minimum atomic E-state index is -3.24. The van der Waals surface area contributed by atoms with E-state index >= 15 is 0 Å². The molecule has 2 atom stereocenters. The van der Waals surface area contributed by atoms with Gasteiger partial charge in [0.05, 0.1) is 18.5 Å². The third-order valence-corrected chi connectivity index (χ3v) is 5.11. The van der Waals surface area contributed by atoms with E-state index in [9.17, 15) is 8.42 Å². The maximum atomic E-state index is 12.3. The molecule has 0 radical (unpaired) electrons. The Balaban J connectivity index is 0.00000324. The second-order valence-electron chi connectivity index (χ2n) is 5.27. The molecule has 116 valence electrons. The van der Waals surface area contributed by atoms with Gasteiger partial charge >= 0.3 is 0 Å². The quantitative estimate of drug-likeness (QED) is 0.803. The van der Waals surface area contributed by atoms with Crippen molar-refractivity contribution < 1.29 is 13.2 Å². The molecule has 5 nitrogen and oxygen atoms in total. The summed E-state index contributed by atoms with van der Waals surface area (Å²) in [7, 11) is -3.24. The zero-order valence-electron chi connectivity index (χ0n) is 12.0. The fourth-order valence-electron chi connectivity index (χ4n) is 2.31. The van der Waals surface area contributed by atoms with E-state index in [-0.39, 0.29) is 43.0 Å². The number of hydrogen-bond acceptors (Lipinski definition) is 4. The number of hydrogen-bond donors (Lipinski definition) is 1. The molecule has 0 amide bonds. The lowest BCUT2D eigenvalue weighted by Gasteiger charge is -2.36. The van der Waals surface area contributed by atoms with E-state index in [0.717, 1.165) is 19.3 Å². The number of halogens is 1. The fourth-order valence-corrected chi connectivity index (χ4v) is 3.97. The van der Waals surface area contributed by atoms with Gasteiger partial charge in [0.2, 0.25) is 10.0 Å². The highest BCUT2D eigenvalue weighted by Gasteiger charge is 2.33. The summed E-state index contributed by atoms with van der Waals surface area (Å²) in [6.45, 7) is 6.53. The van der Waals surface area contributed by atoms with Crippen LogP contribution in [0.4, 0.5) is 0 Å². The Morgan fingerprint density at radius 3 is 2.47 bits per heavy atom. The molecule has 0 aromatic rings. The molecule has 1 fully saturated rings. The Bertz CT molecular complexity index is 347. The van der Waals surface area contributed by atoms with Crippen molar-refractivity contribution in [2.45, 2.75) is 58.2 Å². The van der Waals surface area contributed by atoms with Gasteiger partial charge in [0.15, 0.2) is 0 Å².